The highest BCUT2D eigenvalue weighted by Gasteiger charge is 2.42. The van der Waals surface area contributed by atoms with Crippen LogP contribution in [0.5, 0.6) is 0 Å². The van der Waals surface area contributed by atoms with Gasteiger partial charge in [0.1, 0.15) is 0 Å². The fraction of sp³-hybridized carbons (Fsp3) is 0.467. The number of amides is 2. The highest BCUT2D eigenvalue weighted by atomic mass is 35.5. The van der Waals surface area contributed by atoms with Gasteiger partial charge in [0.2, 0.25) is 0 Å². The number of hydrogen-bond acceptors (Lipinski definition) is 2. The van der Waals surface area contributed by atoms with Crippen molar-refractivity contribution in [2.45, 2.75) is 19.8 Å². The Bertz CT molecular complexity index is 549. The monoisotopic (exact) mass is 310 g/mol. The molecule has 0 radical (unpaired) electrons. The predicted octanol–water partition coefficient (Wildman–Crippen LogP) is 2.39. The molecule has 6 heteroatoms. The normalized spacial score (nSPS) is 21.3. The van der Waals surface area contributed by atoms with Gasteiger partial charge in [-0.2, -0.15) is 0 Å². The zero-order chi connectivity index (χ0) is 15.5. The smallest absolute Gasteiger partial charge is 0.317 e. The average Bonchev–Trinajstić information content (AvgIpc) is 2.83. The number of hydrogen-bond donors (Lipinski definition) is 2. The molecule has 1 aliphatic heterocycles. The number of urea groups is 1. The quantitative estimate of drug-likeness (QED) is 0.897. The van der Waals surface area contributed by atoms with E-state index >= 15 is 0 Å². The van der Waals surface area contributed by atoms with Gasteiger partial charge in [-0.3, -0.25) is 4.79 Å². The molecule has 0 bridgehead atoms. The van der Waals surface area contributed by atoms with Crippen LogP contribution in [-0.2, 0) is 11.2 Å². The Morgan fingerprint density at radius 2 is 2.24 bits per heavy atom. The van der Waals surface area contributed by atoms with Crippen molar-refractivity contribution in [2.75, 3.05) is 19.6 Å². The zero-order valence-corrected chi connectivity index (χ0v) is 12.7. The molecule has 1 saturated heterocycles. The van der Waals surface area contributed by atoms with E-state index in [1.807, 2.05) is 18.2 Å². The van der Waals surface area contributed by atoms with Crippen molar-refractivity contribution in [3.8, 4) is 0 Å². The predicted molar refractivity (Wildman–Crippen MR) is 80.5 cm³/mol. The fourth-order valence-corrected chi connectivity index (χ4v) is 2.64. The maximum atomic E-state index is 12.0. The molecule has 0 spiro atoms. The number of likely N-dealkylation sites (tertiary alicyclic amines) is 1. The van der Waals surface area contributed by atoms with Gasteiger partial charge in [0.15, 0.2) is 0 Å². The van der Waals surface area contributed by atoms with Crippen LogP contribution in [0.2, 0.25) is 5.02 Å². The van der Waals surface area contributed by atoms with Crippen LogP contribution in [0.15, 0.2) is 24.3 Å². The molecule has 1 aromatic carbocycles. The topological polar surface area (TPSA) is 69.6 Å². The van der Waals surface area contributed by atoms with Crippen LogP contribution in [0.1, 0.15) is 18.9 Å². The molecule has 0 saturated carbocycles. The molecule has 1 aromatic rings. The van der Waals surface area contributed by atoms with Crippen LogP contribution >= 0.6 is 11.6 Å². The van der Waals surface area contributed by atoms with Crippen LogP contribution in [0.3, 0.4) is 0 Å². The third kappa shape index (κ3) is 3.88. The number of carboxylic acid groups (broad SMARTS) is 1. The van der Waals surface area contributed by atoms with Crippen molar-refractivity contribution < 1.29 is 14.7 Å². The summed E-state index contributed by atoms with van der Waals surface area (Å²) in [5.41, 5.74) is 0.226. The molecule has 0 aromatic heterocycles. The van der Waals surface area contributed by atoms with E-state index in [0.717, 1.165) is 5.56 Å². The first-order valence-corrected chi connectivity index (χ1v) is 7.29. The second-order valence-corrected chi connectivity index (χ2v) is 6.09. The number of nitrogens with zero attached hydrogens (tertiary/aromatic N) is 1. The third-order valence-corrected chi connectivity index (χ3v) is 4.09. The lowest BCUT2D eigenvalue weighted by atomic mass is 9.90. The molecule has 1 fully saturated rings. The molecule has 1 unspecified atom stereocenters. The minimum Gasteiger partial charge on any atom is -0.481 e. The van der Waals surface area contributed by atoms with Gasteiger partial charge in [-0.05, 0) is 37.5 Å². The van der Waals surface area contributed by atoms with Gasteiger partial charge in [0.05, 0.1) is 5.41 Å². The number of aliphatic carboxylic acids is 1. The van der Waals surface area contributed by atoms with Gasteiger partial charge in [-0.1, -0.05) is 23.7 Å². The van der Waals surface area contributed by atoms with Gasteiger partial charge < -0.3 is 15.3 Å². The van der Waals surface area contributed by atoms with Gasteiger partial charge in [0.25, 0.3) is 0 Å². The average molecular weight is 311 g/mol. The van der Waals surface area contributed by atoms with E-state index in [1.54, 1.807) is 17.9 Å². The number of halogens is 1. The molecule has 1 heterocycles. The second kappa shape index (κ2) is 6.35. The van der Waals surface area contributed by atoms with E-state index in [4.69, 9.17) is 16.7 Å². The molecule has 1 atom stereocenters. The molecule has 2 amide bonds. The fourth-order valence-electron chi connectivity index (χ4n) is 2.43. The van der Waals surface area contributed by atoms with Gasteiger partial charge in [0, 0.05) is 24.7 Å². The number of rotatable bonds is 4. The first kappa shape index (κ1) is 15.6. The summed E-state index contributed by atoms with van der Waals surface area (Å²) in [6, 6.07) is 7.29. The summed E-state index contributed by atoms with van der Waals surface area (Å²) in [6.07, 6.45) is 1.18. The van der Waals surface area contributed by atoms with Crippen LogP contribution in [0.4, 0.5) is 4.79 Å². The first-order chi connectivity index (χ1) is 9.90. The highest BCUT2D eigenvalue weighted by Crippen LogP contribution is 2.29. The van der Waals surface area contributed by atoms with Crippen molar-refractivity contribution in [3.63, 3.8) is 0 Å². The summed E-state index contributed by atoms with van der Waals surface area (Å²) in [4.78, 5) is 24.7. The minimum absolute atomic E-state index is 0.206. The second-order valence-electron chi connectivity index (χ2n) is 5.65. The Balaban J connectivity index is 1.79. The van der Waals surface area contributed by atoms with Crippen molar-refractivity contribution in [2.24, 2.45) is 5.41 Å². The maximum Gasteiger partial charge on any atom is 0.317 e. The van der Waals surface area contributed by atoms with Gasteiger partial charge >= 0.3 is 12.0 Å². The summed E-state index contributed by atoms with van der Waals surface area (Å²) in [5.74, 6) is -0.850. The molecule has 21 heavy (non-hydrogen) atoms. The Labute approximate surface area is 128 Å². The highest BCUT2D eigenvalue weighted by molar-refractivity contribution is 6.30. The molecule has 1 aliphatic rings. The number of nitrogens with one attached hydrogen (secondary N) is 1. The van der Waals surface area contributed by atoms with Gasteiger partial charge in [-0.15, -0.1) is 0 Å². The largest absolute Gasteiger partial charge is 0.481 e. The van der Waals surface area contributed by atoms with E-state index in [-0.39, 0.29) is 12.6 Å². The number of carbonyl (C=O) groups is 2. The summed E-state index contributed by atoms with van der Waals surface area (Å²) >= 11 is 5.90. The van der Waals surface area contributed by atoms with Crippen molar-refractivity contribution >= 4 is 23.6 Å². The number of benzene rings is 1. The van der Waals surface area contributed by atoms with Crippen LogP contribution in [0.25, 0.3) is 0 Å². The SMILES string of the molecule is CC1(C(=O)O)CCN(C(=O)NCCc2cccc(Cl)c2)C1. The molecule has 2 N–H and O–H groups in total. The number of carbonyl (C=O) groups excluding carboxylic acids is 1. The molecule has 0 aliphatic carbocycles. The van der Waals surface area contributed by atoms with E-state index in [9.17, 15) is 9.59 Å². The maximum absolute atomic E-state index is 12.0. The van der Waals surface area contributed by atoms with E-state index in [1.165, 1.54) is 0 Å². The third-order valence-electron chi connectivity index (χ3n) is 3.86. The zero-order valence-electron chi connectivity index (χ0n) is 11.9. The molecule has 114 valence electrons. The lowest BCUT2D eigenvalue weighted by molar-refractivity contribution is -0.146. The number of carboxylic acids is 1. The summed E-state index contributed by atoms with van der Waals surface area (Å²) < 4.78 is 0. The Hall–Kier alpha value is -1.75. The minimum atomic E-state index is -0.850. The Morgan fingerprint density at radius 3 is 2.86 bits per heavy atom. The molecule has 2 rings (SSSR count). The lowest BCUT2D eigenvalue weighted by Crippen LogP contribution is -2.41. The summed E-state index contributed by atoms with van der Waals surface area (Å²) in [5, 5.41) is 12.6. The molecular formula is C15H19ClN2O3. The van der Waals surface area contributed by atoms with Crippen molar-refractivity contribution in [1.82, 2.24) is 10.2 Å². The standard InChI is InChI=1S/C15H19ClN2O3/c1-15(13(19)20)6-8-18(10-15)14(21)17-7-5-11-3-2-4-12(16)9-11/h2-4,9H,5-8,10H2,1H3,(H,17,21)(H,19,20). The molecule has 5 nitrogen and oxygen atoms in total. The lowest BCUT2D eigenvalue weighted by Gasteiger charge is -2.20. The van der Waals surface area contributed by atoms with Gasteiger partial charge in [-0.25, -0.2) is 4.79 Å². The van der Waals surface area contributed by atoms with E-state index in [2.05, 4.69) is 5.32 Å². The van der Waals surface area contributed by atoms with Crippen molar-refractivity contribution in [1.29, 1.82) is 0 Å². The molecular weight excluding hydrogens is 292 g/mol. The van der Waals surface area contributed by atoms with Crippen LogP contribution < -0.4 is 5.32 Å². The Kier molecular flexibility index (Phi) is 4.73. The summed E-state index contributed by atoms with van der Waals surface area (Å²) in [7, 11) is 0. The summed E-state index contributed by atoms with van der Waals surface area (Å²) in [6.45, 7) is 2.91. The van der Waals surface area contributed by atoms with Crippen molar-refractivity contribution in [3.05, 3.63) is 34.9 Å². The van der Waals surface area contributed by atoms with Crippen LogP contribution in [-0.4, -0.2) is 41.6 Å². The Morgan fingerprint density at radius 1 is 1.48 bits per heavy atom. The van der Waals surface area contributed by atoms with E-state index < -0.39 is 11.4 Å². The first-order valence-electron chi connectivity index (χ1n) is 6.91. The van der Waals surface area contributed by atoms with Crippen LogP contribution in [0, 0.1) is 5.41 Å². The van der Waals surface area contributed by atoms with E-state index in [0.29, 0.717) is 31.0 Å².